The first-order valence-electron chi connectivity index (χ1n) is 8.51. The van der Waals surface area contributed by atoms with Crippen molar-refractivity contribution in [3.63, 3.8) is 0 Å². The third kappa shape index (κ3) is 3.42. The van der Waals surface area contributed by atoms with Crippen molar-refractivity contribution in [3.05, 3.63) is 29.8 Å². The van der Waals surface area contributed by atoms with Gasteiger partial charge in [-0.15, -0.1) is 0 Å². The fourth-order valence-corrected chi connectivity index (χ4v) is 3.24. The number of rotatable bonds is 4. The molecule has 1 saturated heterocycles. The number of nitrogens with one attached hydrogen (secondary N) is 1. The standard InChI is InChI=1S/C18H22N2O4/c21-16(12-5-3-6-12)19-14-8-4-7-13(11-14)17(22)20-10-2-1-9-15(20)18(23)24/h4,7-8,11-12,15H,1-3,5-6,9-10H2,(H,19,21)(H,23,24). The highest BCUT2D eigenvalue weighted by Crippen LogP contribution is 2.28. The molecule has 3 rings (SSSR count). The Morgan fingerprint density at radius 3 is 2.54 bits per heavy atom. The number of likely N-dealkylation sites (tertiary alicyclic amines) is 1. The first-order valence-corrected chi connectivity index (χ1v) is 8.51. The van der Waals surface area contributed by atoms with Crippen molar-refractivity contribution >= 4 is 23.5 Å². The van der Waals surface area contributed by atoms with Gasteiger partial charge in [-0.1, -0.05) is 12.5 Å². The second-order valence-electron chi connectivity index (χ2n) is 6.55. The largest absolute Gasteiger partial charge is 0.480 e. The summed E-state index contributed by atoms with van der Waals surface area (Å²) >= 11 is 0. The van der Waals surface area contributed by atoms with Crippen molar-refractivity contribution in [1.29, 1.82) is 0 Å². The van der Waals surface area contributed by atoms with E-state index in [-0.39, 0.29) is 17.7 Å². The Morgan fingerprint density at radius 1 is 1.08 bits per heavy atom. The van der Waals surface area contributed by atoms with E-state index < -0.39 is 12.0 Å². The van der Waals surface area contributed by atoms with Gasteiger partial charge in [0.25, 0.3) is 5.91 Å². The summed E-state index contributed by atoms with van der Waals surface area (Å²) in [7, 11) is 0. The van der Waals surface area contributed by atoms with Crippen LogP contribution in [0.5, 0.6) is 0 Å². The number of hydrogen-bond acceptors (Lipinski definition) is 3. The second kappa shape index (κ2) is 7.03. The first-order chi connectivity index (χ1) is 11.6. The number of nitrogens with zero attached hydrogens (tertiary/aromatic N) is 1. The van der Waals surface area contributed by atoms with E-state index in [0.717, 1.165) is 32.1 Å². The maximum Gasteiger partial charge on any atom is 0.326 e. The van der Waals surface area contributed by atoms with Gasteiger partial charge in [0.2, 0.25) is 5.91 Å². The van der Waals surface area contributed by atoms with Gasteiger partial charge in [-0.05, 0) is 50.3 Å². The van der Waals surface area contributed by atoms with Gasteiger partial charge in [0.05, 0.1) is 0 Å². The second-order valence-corrected chi connectivity index (χ2v) is 6.55. The smallest absolute Gasteiger partial charge is 0.326 e. The summed E-state index contributed by atoms with van der Waals surface area (Å²) in [6, 6.07) is 5.99. The monoisotopic (exact) mass is 330 g/mol. The molecule has 6 heteroatoms. The molecule has 1 aliphatic carbocycles. The maximum atomic E-state index is 12.7. The Kier molecular flexibility index (Phi) is 4.83. The summed E-state index contributed by atoms with van der Waals surface area (Å²) in [4.78, 5) is 37.5. The van der Waals surface area contributed by atoms with Crippen LogP contribution in [0.2, 0.25) is 0 Å². The van der Waals surface area contributed by atoms with Crippen LogP contribution in [0.1, 0.15) is 48.9 Å². The summed E-state index contributed by atoms with van der Waals surface area (Å²) in [5, 5.41) is 12.2. The van der Waals surface area contributed by atoms with Gasteiger partial charge < -0.3 is 15.3 Å². The van der Waals surface area contributed by atoms with Crippen LogP contribution in [0.3, 0.4) is 0 Å². The van der Waals surface area contributed by atoms with Gasteiger partial charge in [-0.2, -0.15) is 0 Å². The normalized spacial score (nSPS) is 21.0. The molecule has 1 aromatic carbocycles. The molecule has 0 aromatic heterocycles. The van der Waals surface area contributed by atoms with Gasteiger partial charge >= 0.3 is 5.97 Å². The van der Waals surface area contributed by atoms with Crippen LogP contribution in [-0.2, 0) is 9.59 Å². The van der Waals surface area contributed by atoms with Crippen molar-refractivity contribution in [2.45, 2.75) is 44.6 Å². The van der Waals surface area contributed by atoms with Crippen molar-refractivity contribution in [1.82, 2.24) is 4.90 Å². The van der Waals surface area contributed by atoms with Crippen molar-refractivity contribution in [2.75, 3.05) is 11.9 Å². The summed E-state index contributed by atoms with van der Waals surface area (Å²) in [5.74, 6) is -1.19. The van der Waals surface area contributed by atoms with E-state index in [2.05, 4.69) is 5.32 Å². The average molecular weight is 330 g/mol. The highest BCUT2D eigenvalue weighted by Gasteiger charge is 2.32. The lowest BCUT2D eigenvalue weighted by Gasteiger charge is -2.33. The number of carbonyl (C=O) groups is 3. The molecule has 1 aromatic rings. The van der Waals surface area contributed by atoms with Gasteiger partial charge in [0.15, 0.2) is 0 Å². The Bertz CT molecular complexity index is 654. The quantitative estimate of drug-likeness (QED) is 0.888. The number of anilines is 1. The minimum Gasteiger partial charge on any atom is -0.480 e. The molecule has 6 nitrogen and oxygen atoms in total. The van der Waals surface area contributed by atoms with Crippen LogP contribution in [0.15, 0.2) is 24.3 Å². The molecular formula is C18H22N2O4. The molecule has 1 unspecified atom stereocenters. The topological polar surface area (TPSA) is 86.7 Å². The summed E-state index contributed by atoms with van der Waals surface area (Å²) in [6.07, 6.45) is 5.03. The zero-order chi connectivity index (χ0) is 17.1. The number of benzene rings is 1. The predicted octanol–water partition coefficient (Wildman–Crippen LogP) is 2.50. The third-order valence-corrected chi connectivity index (χ3v) is 4.90. The minimum atomic E-state index is -0.961. The number of aliphatic carboxylic acids is 1. The lowest BCUT2D eigenvalue weighted by atomic mass is 9.85. The number of amides is 2. The number of carbonyl (C=O) groups excluding carboxylic acids is 2. The molecule has 1 saturated carbocycles. The molecule has 2 aliphatic rings. The van der Waals surface area contributed by atoms with Crippen LogP contribution < -0.4 is 5.32 Å². The zero-order valence-electron chi connectivity index (χ0n) is 13.5. The van der Waals surface area contributed by atoms with Gasteiger partial charge in [-0.3, -0.25) is 9.59 Å². The molecule has 0 radical (unpaired) electrons. The molecule has 1 atom stereocenters. The molecule has 0 spiro atoms. The fraction of sp³-hybridized carbons (Fsp3) is 0.500. The Morgan fingerprint density at radius 2 is 1.88 bits per heavy atom. The van der Waals surface area contributed by atoms with Crippen molar-refractivity contribution < 1.29 is 19.5 Å². The molecule has 128 valence electrons. The first kappa shape index (κ1) is 16.5. The molecule has 1 heterocycles. The van der Waals surface area contributed by atoms with E-state index >= 15 is 0 Å². The third-order valence-electron chi connectivity index (χ3n) is 4.90. The van der Waals surface area contributed by atoms with Crippen molar-refractivity contribution in [2.24, 2.45) is 5.92 Å². The van der Waals surface area contributed by atoms with Crippen LogP contribution in [0.25, 0.3) is 0 Å². The number of piperidine rings is 1. The highest BCUT2D eigenvalue weighted by atomic mass is 16.4. The molecule has 0 bridgehead atoms. The van der Waals surface area contributed by atoms with Crippen LogP contribution >= 0.6 is 0 Å². The molecular weight excluding hydrogens is 308 g/mol. The Hall–Kier alpha value is -2.37. The molecule has 2 fully saturated rings. The van der Waals surface area contributed by atoms with Crippen LogP contribution in [0, 0.1) is 5.92 Å². The van der Waals surface area contributed by atoms with E-state index in [1.54, 1.807) is 24.3 Å². The lowest BCUT2D eigenvalue weighted by molar-refractivity contribution is -0.143. The number of carboxylic acid groups (broad SMARTS) is 1. The van der Waals surface area contributed by atoms with E-state index in [0.29, 0.717) is 24.2 Å². The van der Waals surface area contributed by atoms with E-state index in [9.17, 15) is 19.5 Å². The number of hydrogen-bond donors (Lipinski definition) is 2. The molecule has 2 amide bonds. The van der Waals surface area contributed by atoms with Gasteiger partial charge in [-0.25, -0.2) is 4.79 Å². The van der Waals surface area contributed by atoms with Crippen LogP contribution in [0.4, 0.5) is 5.69 Å². The highest BCUT2D eigenvalue weighted by molar-refractivity contribution is 5.99. The fourth-order valence-electron chi connectivity index (χ4n) is 3.24. The summed E-state index contributed by atoms with van der Waals surface area (Å²) in [6.45, 7) is 0.453. The average Bonchev–Trinajstić information content (AvgIpc) is 2.52. The molecule has 24 heavy (non-hydrogen) atoms. The van der Waals surface area contributed by atoms with Crippen molar-refractivity contribution in [3.8, 4) is 0 Å². The van der Waals surface area contributed by atoms with E-state index in [1.165, 1.54) is 4.90 Å². The Labute approximate surface area is 140 Å². The zero-order valence-corrected chi connectivity index (χ0v) is 13.5. The van der Waals surface area contributed by atoms with E-state index in [1.807, 2.05) is 0 Å². The van der Waals surface area contributed by atoms with Crippen LogP contribution in [-0.4, -0.2) is 40.4 Å². The molecule has 2 N–H and O–H groups in total. The molecule has 1 aliphatic heterocycles. The predicted molar refractivity (Wildman–Crippen MR) is 88.7 cm³/mol. The minimum absolute atomic E-state index is 0.00719. The Balaban J connectivity index is 1.73. The maximum absolute atomic E-state index is 12.7. The van der Waals surface area contributed by atoms with E-state index in [4.69, 9.17) is 0 Å². The van der Waals surface area contributed by atoms with Gasteiger partial charge in [0.1, 0.15) is 6.04 Å². The number of carboxylic acids is 1. The summed E-state index contributed by atoms with van der Waals surface area (Å²) in [5.41, 5.74) is 0.996. The summed E-state index contributed by atoms with van der Waals surface area (Å²) < 4.78 is 0. The SMILES string of the molecule is O=C(Nc1cccc(C(=O)N2CCCCC2C(=O)O)c1)C1CCC1. The lowest BCUT2D eigenvalue weighted by Crippen LogP contribution is -2.48. The van der Waals surface area contributed by atoms with Gasteiger partial charge in [0, 0.05) is 23.7 Å².